The molecule has 0 aliphatic heterocycles. The lowest BCUT2D eigenvalue weighted by Gasteiger charge is -2.08. The average molecular weight is 470 g/mol. The summed E-state index contributed by atoms with van der Waals surface area (Å²) in [6.07, 6.45) is 0. The number of halogens is 3. The predicted molar refractivity (Wildman–Crippen MR) is 109 cm³/mol. The second-order valence-electron chi connectivity index (χ2n) is 5.05. The van der Waals surface area contributed by atoms with Crippen LogP contribution in [0.5, 0.6) is 0 Å². The third kappa shape index (κ3) is 8.01. The Kier molecular flexibility index (Phi) is 9.15. The quantitative estimate of drug-likeness (QED) is 0.196. The molecule has 28 heavy (non-hydrogen) atoms. The summed E-state index contributed by atoms with van der Waals surface area (Å²) in [6.45, 7) is 1.79. The summed E-state index contributed by atoms with van der Waals surface area (Å²) >= 11 is 18.1. The van der Waals surface area contributed by atoms with Crippen LogP contribution in [0.2, 0.25) is 15.1 Å². The Morgan fingerprint density at radius 3 is 2.07 bits per heavy atom. The zero-order valence-corrected chi connectivity index (χ0v) is 17.6. The maximum atomic E-state index is 11.4. The van der Waals surface area contributed by atoms with Crippen molar-refractivity contribution in [1.29, 1.82) is 0 Å². The molecule has 8 nitrogen and oxygen atoms in total. The third-order valence-electron chi connectivity index (χ3n) is 3.08. The third-order valence-corrected chi connectivity index (χ3v) is 4.38. The zero-order chi connectivity index (χ0) is 21.5. The van der Waals surface area contributed by atoms with Crippen LogP contribution in [0.25, 0.3) is 0 Å². The fourth-order valence-electron chi connectivity index (χ4n) is 1.81. The molecule has 2 aromatic rings. The van der Waals surface area contributed by atoms with E-state index in [1.54, 1.807) is 43.3 Å². The molecule has 12 heteroatoms. The number of methoxy groups -OCH3 is 1. The average Bonchev–Trinajstić information content (AvgIpc) is 2.62. The van der Waals surface area contributed by atoms with Crippen LogP contribution in [0.1, 0.15) is 22.8 Å². The van der Waals surface area contributed by atoms with Crippen molar-refractivity contribution in [2.24, 2.45) is 5.10 Å². The molecule has 0 fully saturated rings. The number of rotatable bonds is 4. The molecule has 0 bridgehead atoms. The zero-order valence-electron chi connectivity index (χ0n) is 14.5. The molecule has 0 spiro atoms. The predicted octanol–water partition coefficient (Wildman–Crippen LogP) is 4.62. The Labute approximate surface area is 176 Å². The van der Waals surface area contributed by atoms with Crippen molar-refractivity contribution in [3.63, 3.8) is 0 Å². The molecule has 0 aliphatic rings. The number of ether oxygens (including phenoxy) is 1. The van der Waals surface area contributed by atoms with Crippen molar-refractivity contribution in [3.8, 4) is 0 Å². The number of nitrogens with zero attached hydrogens (tertiary/aromatic N) is 1. The summed E-state index contributed by atoms with van der Waals surface area (Å²) in [5, 5.41) is 5.29. The molecule has 0 amide bonds. The van der Waals surface area contributed by atoms with Gasteiger partial charge in [0, 0.05) is 5.56 Å². The summed E-state index contributed by atoms with van der Waals surface area (Å²) < 4.78 is 36.2. The van der Waals surface area contributed by atoms with Crippen molar-refractivity contribution in [2.45, 2.75) is 6.92 Å². The van der Waals surface area contributed by atoms with Gasteiger partial charge in [-0.05, 0) is 37.3 Å². The second kappa shape index (κ2) is 10.6. The Morgan fingerprint density at radius 1 is 1.04 bits per heavy atom. The van der Waals surface area contributed by atoms with Crippen molar-refractivity contribution in [3.05, 3.63) is 62.6 Å². The first-order valence-corrected chi connectivity index (χ1v) is 9.79. The topological polar surface area (TPSA) is 125 Å². The highest BCUT2D eigenvalue weighted by atomic mass is 35.5. The molecule has 3 N–H and O–H groups in total. The second-order valence-corrected chi connectivity index (χ2v) is 7.11. The van der Waals surface area contributed by atoms with E-state index in [-0.39, 0.29) is 5.97 Å². The van der Waals surface area contributed by atoms with Crippen LogP contribution in [0.3, 0.4) is 0 Å². The van der Waals surface area contributed by atoms with Gasteiger partial charge in [0.15, 0.2) is 0 Å². The van der Waals surface area contributed by atoms with Gasteiger partial charge in [-0.15, -0.1) is 0 Å². The molecule has 0 aliphatic carbocycles. The number of benzene rings is 2. The van der Waals surface area contributed by atoms with Gasteiger partial charge in [0.25, 0.3) is 0 Å². The van der Waals surface area contributed by atoms with E-state index in [1.165, 1.54) is 7.11 Å². The van der Waals surface area contributed by atoms with Gasteiger partial charge in [0.1, 0.15) is 0 Å². The Morgan fingerprint density at radius 2 is 1.57 bits per heavy atom. The van der Waals surface area contributed by atoms with Crippen LogP contribution in [0.15, 0.2) is 41.5 Å². The standard InChI is InChI=1S/C16H13Cl3N2O2.H2O4S/c1-9(12-7-8-13(17)15(19)14(12)18)20-21-11-5-3-10(4-6-11)16(22)23-2;1-5(2,3)4/h3-8,21H,1-2H3;(H2,1,2,3,4)/b20-9-;. The van der Waals surface area contributed by atoms with Gasteiger partial charge in [-0.3, -0.25) is 14.5 Å². The Bertz CT molecular complexity index is 971. The minimum Gasteiger partial charge on any atom is -0.465 e. The highest BCUT2D eigenvalue weighted by Crippen LogP contribution is 2.32. The van der Waals surface area contributed by atoms with E-state index in [0.717, 1.165) is 0 Å². The molecule has 0 atom stereocenters. The largest absolute Gasteiger partial charge is 0.465 e. The lowest BCUT2D eigenvalue weighted by molar-refractivity contribution is 0.0600. The lowest BCUT2D eigenvalue weighted by Crippen LogP contribution is -2.02. The summed E-state index contributed by atoms with van der Waals surface area (Å²) in [5.74, 6) is -0.390. The minimum atomic E-state index is -4.67. The summed E-state index contributed by atoms with van der Waals surface area (Å²) in [4.78, 5) is 11.4. The van der Waals surface area contributed by atoms with Crippen LogP contribution >= 0.6 is 34.8 Å². The van der Waals surface area contributed by atoms with E-state index in [1.807, 2.05) is 0 Å². The van der Waals surface area contributed by atoms with Gasteiger partial charge >= 0.3 is 16.4 Å². The lowest BCUT2D eigenvalue weighted by atomic mass is 10.1. The SMILES string of the molecule is COC(=O)c1ccc(N/N=C(/C)c2ccc(Cl)c(Cl)c2Cl)cc1.O=S(=O)(O)O. The van der Waals surface area contributed by atoms with Crippen molar-refractivity contribution < 1.29 is 27.1 Å². The Balaban J connectivity index is 0.000000696. The number of esters is 1. The number of nitrogens with one attached hydrogen (secondary N) is 1. The molecular formula is C16H15Cl3N2O6S. The number of hydrogen-bond donors (Lipinski definition) is 3. The number of carbonyl (C=O) groups excluding carboxylic acids is 1. The van der Waals surface area contributed by atoms with E-state index in [4.69, 9.17) is 52.3 Å². The normalized spacial score (nSPS) is 11.3. The van der Waals surface area contributed by atoms with Crippen molar-refractivity contribution in [1.82, 2.24) is 0 Å². The molecule has 2 aromatic carbocycles. The van der Waals surface area contributed by atoms with Crippen molar-refractivity contribution >= 4 is 62.6 Å². The fourth-order valence-corrected chi connectivity index (χ4v) is 2.48. The molecule has 0 heterocycles. The van der Waals surface area contributed by atoms with Crippen LogP contribution in [0.4, 0.5) is 5.69 Å². The molecule has 152 valence electrons. The molecule has 0 radical (unpaired) electrons. The van der Waals surface area contributed by atoms with E-state index >= 15 is 0 Å². The van der Waals surface area contributed by atoms with Gasteiger partial charge < -0.3 is 4.74 Å². The molecule has 0 unspecified atom stereocenters. The van der Waals surface area contributed by atoms with Crippen molar-refractivity contribution in [2.75, 3.05) is 12.5 Å². The number of anilines is 1. The van der Waals surface area contributed by atoms with E-state index in [2.05, 4.69) is 15.3 Å². The summed E-state index contributed by atoms with van der Waals surface area (Å²) in [6, 6.07) is 10.1. The van der Waals surface area contributed by atoms with E-state index in [9.17, 15) is 4.79 Å². The van der Waals surface area contributed by atoms with E-state index in [0.29, 0.717) is 37.6 Å². The van der Waals surface area contributed by atoms with E-state index < -0.39 is 10.4 Å². The van der Waals surface area contributed by atoms with Crippen LogP contribution in [0, 0.1) is 0 Å². The van der Waals surface area contributed by atoms with Gasteiger partial charge in [-0.25, -0.2) is 4.79 Å². The number of carbonyl (C=O) groups is 1. The number of hydrazone groups is 1. The monoisotopic (exact) mass is 468 g/mol. The highest BCUT2D eigenvalue weighted by Gasteiger charge is 2.11. The Hall–Kier alpha value is -1.88. The maximum Gasteiger partial charge on any atom is 0.394 e. The number of hydrogen-bond acceptors (Lipinski definition) is 6. The first kappa shape index (κ1) is 24.2. The van der Waals surface area contributed by atoms with Gasteiger partial charge in [0.2, 0.25) is 0 Å². The van der Waals surface area contributed by atoms with Gasteiger partial charge in [-0.2, -0.15) is 13.5 Å². The maximum absolute atomic E-state index is 11.4. The first-order valence-electron chi connectivity index (χ1n) is 7.26. The van der Waals surface area contributed by atoms with Gasteiger partial charge in [-0.1, -0.05) is 40.9 Å². The first-order chi connectivity index (χ1) is 12.9. The molecule has 2 rings (SSSR count). The summed E-state index contributed by atoms with van der Waals surface area (Å²) in [5.41, 5.74) is 5.39. The van der Waals surface area contributed by atoms with Crippen LogP contribution < -0.4 is 5.43 Å². The fraction of sp³-hybridized carbons (Fsp3) is 0.125. The minimum absolute atomic E-state index is 0.294. The molecular weight excluding hydrogens is 455 g/mol. The molecule has 0 saturated carbocycles. The molecule has 0 aromatic heterocycles. The smallest absolute Gasteiger partial charge is 0.394 e. The van der Waals surface area contributed by atoms with Crippen LogP contribution in [-0.4, -0.2) is 36.3 Å². The highest BCUT2D eigenvalue weighted by molar-refractivity contribution is 7.79. The van der Waals surface area contributed by atoms with Crippen LogP contribution in [-0.2, 0) is 15.1 Å². The molecule has 0 saturated heterocycles. The summed E-state index contributed by atoms with van der Waals surface area (Å²) in [7, 11) is -3.33. The van der Waals surface area contributed by atoms with Gasteiger partial charge in [0.05, 0.1) is 39.1 Å².